The first-order valence-corrected chi connectivity index (χ1v) is 11.9. The fourth-order valence-corrected chi connectivity index (χ4v) is 8.36. The number of rotatable bonds is 5. The molecule has 1 unspecified atom stereocenters. The largest absolute Gasteiger partial charge is 0.493 e. The zero-order valence-corrected chi connectivity index (χ0v) is 17.8. The molecule has 4 atom stereocenters. The summed E-state index contributed by atoms with van der Waals surface area (Å²) in [7, 11) is -1.58. The molecule has 1 fully saturated rings. The quantitative estimate of drug-likeness (QED) is 0.501. The molecular weight excluding hydrogens is 397 g/mol. The molecule has 0 spiro atoms. The molecule has 0 saturated carbocycles. The van der Waals surface area contributed by atoms with Gasteiger partial charge in [0, 0.05) is 22.6 Å². The lowest BCUT2D eigenvalue weighted by Gasteiger charge is -2.30. The maximum Gasteiger partial charge on any atom is 0.189 e. The summed E-state index contributed by atoms with van der Waals surface area (Å²) in [5.74, 6) is 0.617. The Hall–Kier alpha value is -2.59. The van der Waals surface area contributed by atoms with Crippen molar-refractivity contribution in [2.75, 3.05) is 7.11 Å². The third-order valence-corrected chi connectivity index (χ3v) is 9.69. The van der Waals surface area contributed by atoms with Gasteiger partial charge in [0.1, 0.15) is 12.0 Å². The van der Waals surface area contributed by atoms with Gasteiger partial charge >= 0.3 is 0 Å². The number of fused-ring (bicyclic) bond motifs is 2. The summed E-state index contributed by atoms with van der Waals surface area (Å²) in [6.07, 6.45) is -0.342. The van der Waals surface area contributed by atoms with Crippen LogP contribution in [0.3, 0.4) is 0 Å². The van der Waals surface area contributed by atoms with E-state index in [0.29, 0.717) is 23.5 Å². The maximum absolute atomic E-state index is 14.9. The van der Waals surface area contributed by atoms with Crippen molar-refractivity contribution in [3.05, 3.63) is 84.4 Å². The second-order valence-electron chi connectivity index (χ2n) is 7.66. The standard InChI is InChI=1S/C24H24NO4P/c1-3-24-23(25(24)22(26)19-15-10-16-20(28-2)21(19)29-24)30(27,17-11-6-4-7-12-17)18-13-8-5-9-14-18/h4-16,22-23,26H,3H2,1-2H3/t22-,23-,24-,25?/m0/s1. The van der Waals surface area contributed by atoms with Gasteiger partial charge in [0.15, 0.2) is 24.4 Å². The normalized spacial score (nSPS) is 26.8. The minimum Gasteiger partial charge on any atom is -0.493 e. The molecule has 0 aliphatic carbocycles. The Kier molecular flexibility index (Phi) is 4.51. The lowest BCUT2D eigenvalue weighted by molar-refractivity contribution is -0.0265. The summed E-state index contributed by atoms with van der Waals surface area (Å²) in [6, 6.07) is 24.5. The van der Waals surface area contributed by atoms with E-state index in [0.717, 1.165) is 10.6 Å². The van der Waals surface area contributed by atoms with Gasteiger partial charge in [-0.15, -0.1) is 0 Å². The molecule has 0 bridgehead atoms. The first-order chi connectivity index (χ1) is 14.6. The number of methoxy groups -OCH3 is 1. The first-order valence-electron chi connectivity index (χ1n) is 10.1. The van der Waals surface area contributed by atoms with Crippen LogP contribution in [0.15, 0.2) is 78.9 Å². The number of aliphatic hydroxyl groups is 1. The summed E-state index contributed by atoms with van der Waals surface area (Å²) < 4.78 is 26.9. The van der Waals surface area contributed by atoms with Crippen LogP contribution in [0.1, 0.15) is 25.1 Å². The van der Waals surface area contributed by atoms with E-state index < -0.39 is 24.9 Å². The van der Waals surface area contributed by atoms with E-state index in [1.165, 1.54) is 0 Å². The van der Waals surface area contributed by atoms with Crippen molar-refractivity contribution in [3.8, 4) is 11.5 Å². The van der Waals surface area contributed by atoms with Crippen molar-refractivity contribution >= 4 is 17.8 Å². The number of hydrogen-bond donors (Lipinski definition) is 1. The van der Waals surface area contributed by atoms with Crippen LogP contribution in [0.5, 0.6) is 11.5 Å². The van der Waals surface area contributed by atoms with Gasteiger partial charge in [-0.25, -0.2) is 4.90 Å². The molecule has 1 saturated heterocycles. The highest BCUT2D eigenvalue weighted by Crippen LogP contribution is 2.70. The molecule has 2 aliphatic heterocycles. The van der Waals surface area contributed by atoms with Crippen molar-refractivity contribution in [2.45, 2.75) is 31.1 Å². The Morgan fingerprint density at radius 3 is 2.13 bits per heavy atom. The summed E-state index contributed by atoms with van der Waals surface area (Å²) in [5, 5.41) is 12.8. The lowest BCUT2D eigenvalue weighted by atomic mass is 10.1. The molecule has 30 heavy (non-hydrogen) atoms. The van der Waals surface area contributed by atoms with Crippen LogP contribution in [-0.2, 0) is 4.57 Å². The van der Waals surface area contributed by atoms with Crippen LogP contribution in [0.25, 0.3) is 0 Å². The highest BCUT2D eigenvalue weighted by molar-refractivity contribution is 7.79. The zero-order valence-electron chi connectivity index (χ0n) is 16.9. The average molecular weight is 421 g/mol. The maximum atomic E-state index is 14.9. The van der Waals surface area contributed by atoms with E-state index in [-0.39, 0.29) is 0 Å². The molecule has 0 amide bonds. The molecule has 154 valence electrons. The number of hydrogen-bond acceptors (Lipinski definition) is 5. The van der Waals surface area contributed by atoms with Gasteiger partial charge in [0.2, 0.25) is 0 Å². The van der Waals surface area contributed by atoms with Gasteiger partial charge in [-0.2, -0.15) is 0 Å². The smallest absolute Gasteiger partial charge is 0.189 e. The summed E-state index contributed by atoms with van der Waals surface area (Å²) in [4.78, 5) is 1.86. The molecular formula is C24H24NO4P. The molecule has 2 aliphatic rings. The fraction of sp³-hybridized carbons (Fsp3) is 0.250. The van der Waals surface area contributed by atoms with E-state index in [9.17, 15) is 9.67 Å². The molecule has 5 nitrogen and oxygen atoms in total. The van der Waals surface area contributed by atoms with Gasteiger partial charge in [-0.3, -0.25) is 0 Å². The third-order valence-electron chi connectivity index (χ3n) is 6.22. The van der Waals surface area contributed by atoms with Crippen molar-refractivity contribution < 1.29 is 19.1 Å². The molecule has 0 radical (unpaired) electrons. The topological polar surface area (TPSA) is 58.8 Å². The Balaban J connectivity index is 1.69. The second kappa shape index (κ2) is 6.98. The summed E-state index contributed by atoms with van der Waals surface area (Å²) in [5.41, 5.74) is -0.226. The van der Waals surface area contributed by atoms with Crippen LogP contribution < -0.4 is 20.1 Å². The molecule has 0 aromatic heterocycles. The Labute approximate surface area is 176 Å². The van der Waals surface area contributed by atoms with E-state index >= 15 is 0 Å². The molecule has 6 heteroatoms. The molecule has 3 aromatic carbocycles. The number of ether oxygens (including phenoxy) is 2. The van der Waals surface area contributed by atoms with Crippen molar-refractivity contribution in [2.24, 2.45) is 0 Å². The fourth-order valence-electron chi connectivity index (χ4n) is 4.73. The zero-order chi connectivity index (χ0) is 20.9. The minimum atomic E-state index is -3.16. The van der Waals surface area contributed by atoms with Crippen molar-refractivity contribution in [3.63, 3.8) is 0 Å². The molecule has 5 rings (SSSR count). The minimum absolute atomic E-state index is 0.480. The molecule has 2 heterocycles. The average Bonchev–Trinajstić information content (AvgIpc) is 3.50. The highest BCUT2D eigenvalue weighted by atomic mass is 31.2. The molecule has 3 aromatic rings. The second-order valence-corrected chi connectivity index (χ2v) is 10.5. The number of nitrogens with zero attached hydrogens (tertiary/aromatic N) is 1. The Morgan fingerprint density at radius 2 is 1.60 bits per heavy atom. The van der Waals surface area contributed by atoms with Gasteiger partial charge < -0.3 is 19.1 Å². The molecule has 1 N–H and O–H groups in total. The predicted molar refractivity (Wildman–Crippen MR) is 117 cm³/mol. The lowest BCUT2D eigenvalue weighted by Crippen LogP contribution is -2.33. The van der Waals surface area contributed by atoms with Gasteiger partial charge in [0.05, 0.1) is 7.11 Å². The summed E-state index contributed by atoms with van der Waals surface area (Å²) >= 11 is 0. The monoisotopic (exact) mass is 421 g/mol. The predicted octanol–water partition coefficient (Wildman–Crippen LogP) is 3.84. The van der Waals surface area contributed by atoms with Crippen molar-refractivity contribution in [1.82, 2.24) is 4.90 Å². The van der Waals surface area contributed by atoms with Gasteiger partial charge in [0.25, 0.3) is 0 Å². The van der Waals surface area contributed by atoms with Crippen LogP contribution >= 0.6 is 7.14 Å². The van der Waals surface area contributed by atoms with Crippen LogP contribution in [0.4, 0.5) is 0 Å². The van der Waals surface area contributed by atoms with E-state index in [1.807, 2.05) is 90.7 Å². The highest BCUT2D eigenvalue weighted by Gasteiger charge is 2.76. The first kappa shape index (κ1) is 19.4. The van der Waals surface area contributed by atoms with Crippen LogP contribution in [-0.4, -0.2) is 28.6 Å². The number of benzene rings is 3. The summed E-state index contributed by atoms with van der Waals surface area (Å²) in [6.45, 7) is 2.00. The number of aliphatic hydroxyl groups excluding tert-OH is 1. The van der Waals surface area contributed by atoms with E-state index in [2.05, 4.69) is 0 Å². The van der Waals surface area contributed by atoms with Gasteiger partial charge in [-0.1, -0.05) is 79.7 Å². The van der Waals surface area contributed by atoms with Crippen molar-refractivity contribution in [1.29, 1.82) is 0 Å². The Morgan fingerprint density at radius 1 is 1.00 bits per heavy atom. The number of para-hydroxylation sites is 1. The van der Waals surface area contributed by atoms with Crippen LogP contribution in [0, 0.1) is 0 Å². The van der Waals surface area contributed by atoms with Gasteiger partial charge in [-0.05, 0) is 6.07 Å². The van der Waals surface area contributed by atoms with E-state index in [4.69, 9.17) is 9.47 Å². The third kappa shape index (κ3) is 2.53. The Bertz CT molecular complexity index is 1080. The van der Waals surface area contributed by atoms with E-state index in [1.54, 1.807) is 7.11 Å². The van der Waals surface area contributed by atoms with Crippen LogP contribution in [0.2, 0.25) is 0 Å². The SMILES string of the molecule is CC[C@@]12Oc3c(OC)cccc3[C@H](O)N1[C@H]2P(=O)(c1ccccc1)c1ccccc1.